The van der Waals surface area contributed by atoms with Crippen molar-refractivity contribution in [1.29, 1.82) is 0 Å². The van der Waals surface area contributed by atoms with Gasteiger partial charge in [-0.25, -0.2) is 0 Å². The van der Waals surface area contributed by atoms with Crippen LogP contribution < -0.4 is 0 Å². The molecule has 4 heterocycles. The lowest BCUT2D eigenvalue weighted by Crippen LogP contribution is -2.38. The minimum Gasteiger partial charge on any atom is -0.466 e. The third-order valence-electron chi connectivity index (χ3n) is 5.45. The summed E-state index contributed by atoms with van der Waals surface area (Å²) in [6.45, 7) is 8.71. The van der Waals surface area contributed by atoms with Crippen molar-refractivity contribution in [3.05, 3.63) is 53.3 Å². The van der Waals surface area contributed by atoms with Crippen LogP contribution in [0.4, 0.5) is 0 Å². The molecule has 1 aliphatic heterocycles. The highest BCUT2D eigenvalue weighted by Gasteiger charge is 2.29. The number of hydrogen-bond acceptors (Lipinski definition) is 5. The van der Waals surface area contributed by atoms with E-state index in [1.54, 1.807) is 6.20 Å². The average molecular weight is 382 g/mol. The molecule has 8 nitrogen and oxygen atoms in total. The van der Waals surface area contributed by atoms with E-state index in [4.69, 9.17) is 4.42 Å². The molecule has 1 amide bonds. The maximum atomic E-state index is 12.8. The highest BCUT2D eigenvalue weighted by molar-refractivity contribution is 5.95. The molecule has 8 heteroatoms. The van der Waals surface area contributed by atoms with Crippen LogP contribution in [0.3, 0.4) is 0 Å². The van der Waals surface area contributed by atoms with Gasteiger partial charge in [-0.3, -0.25) is 9.48 Å². The number of carbonyl (C=O) groups is 1. The average Bonchev–Trinajstić information content (AvgIpc) is 3.42. The van der Waals surface area contributed by atoms with Crippen LogP contribution >= 0.6 is 0 Å². The molecule has 0 unspecified atom stereocenters. The van der Waals surface area contributed by atoms with E-state index in [0.717, 1.165) is 49.9 Å². The minimum atomic E-state index is 0.0594. The summed E-state index contributed by atoms with van der Waals surface area (Å²) in [6, 6.07) is 3.74. The number of likely N-dealkylation sites (tertiary alicyclic amines) is 1. The van der Waals surface area contributed by atoms with Gasteiger partial charge in [0, 0.05) is 37.9 Å². The first-order valence-corrected chi connectivity index (χ1v) is 9.82. The molecule has 0 radical (unpaired) electrons. The van der Waals surface area contributed by atoms with Crippen LogP contribution in [0.5, 0.6) is 0 Å². The second kappa shape index (κ2) is 7.61. The Labute approximate surface area is 164 Å². The van der Waals surface area contributed by atoms with Gasteiger partial charge < -0.3 is 13.9 Å². The van der Waals surface area contributed by atoms with Crippen molar-refractivity contribution in [1.82, 2.24) is 29.4 Å². The van der Waals surface area contributed by atoms with Gasteiger partial charge in [0.05, 0.1) is 5.56 Å². The van der Waals surface area contributed by atoms with Gasteiger partial charge >= 0.3 is 0 Å². The van der Waals surface area contributed by atoms with Gasteiger partial charge in [-0.15, -0.1) is 10.2 Å². The summed E-state index contributed by atoms with van der Waals surface area (Å²) in [7, 11) is 0. The summed E-state index contributed by atoms with van der Waals surface area (Å²) < 4.78 is 9.56. The first-order valence-electron chi connectivity index (χ1n) is 9.82. The molecule has 3 aromatic heterocycles. The van der Waals surface area contributed by atoms with Crippen LogP contribution in [0.25, 0.3) is 0 Å². The molecule has 1 fully saturated rings. The number of nitrogens with zero attached hydrogens (tertiary/aromatic N) is 6. The van der Waals surface area contributed by atoms with Crippen LogP contribution in [0.15, 0.2) is 28.9 Å². The van der Waals surface area contributed by atoms with E-state index in [1.807, 2.05) is 41.8 Å². The maximum Gasteiger partial charge on any atom is 0.257 e. The van der Waals surface area contributed by atoms with Gasteiger partial charge in [0.25, 0.3) is 5.91 Å². The molecule has 0 N–H and O–H groups in total. The van der Waals surface area contributed by atoms with E-state index in [2.05, 4.69) is 26.8 Å². The van der Waals surface area contributed by atoms with E-state index >= 15 is 0 Å². The summed E-state index contributed by atoms with van der Waals surface area (Å²) in [4.78, 5) is 14.7. The second-order valence-corrected chi connectivity index (χ2v) is 7.32. The third kappa shape index (κ3) is 3.46. The number of aromatic nitrogens is 5. The van der Waals surface area contributed by atoms with Crippen LogP contribution in [-0.4, -0.2) is 48.4 Å². The summed E-state index contributed by atoms with van der Waals surface area (Å²) in [5.74, 6) is 3.78. The lowest BCUT2D eigenvalue weighted by Gasteiger charge is -2.31. The quantitative estimate of drug-likeness (QED) is 0.678. The van der Waals surface area contributed by atoms with E-state index < -0.39 is 0 Å². The zero-order valence-electron chi connectivity index (χ0n) is 16.6. The van der Waals surface area contributed by atoms with Gasteiger partial charge in [-0.2, -0.15) is 5.10 Å². The van der Waals surface area contributed by atoms with Crippen LogP contribution in [0, 0.1) is 13.8 Å². The number of amides is 1. The Hall–Kier alpha value is -2.90. The molecular weight excluding hydrogens is 356 g/mol. The Bertz CT molecular complexity index is 948. The molecular formula is C20H26N6O2. The molecule has 1 saturated heterocycles. The predicted octanol–water partition coefficient (Wildman–Crippen LogP) is 2.77. The number of hydrogen-bond donors (Lipinski definition) is 0. The predicted molar refractivity (Wildman–Crippen MR) is 103 cm³/mol. The number of piperidine rings is 1. The Balaban J connectivity index is 1.44. The molecule has 0 atom stereocenters. The fraction of sp³-hybridized carbons (Fsp3) is 0.500. The maximum absolute atomic E-state index is 12.8. The second-order valence-electron chi connectivity index (χ2n) is 7.32. The Morgan fingerprint density at radius 1 is 1.25 bits per heavy atom. The number of aryl methyl sites for hydroxylation is 2. The topological polar surface area (TPSA) is 82.0 Å². The van der Waals surface area contributed by atoms with Gasteiger partial charge in [-0.1, -0.05) is 0 Å². The lowest BCUT2D eigenvalue weighted by atomic mass is 9.95. The molecule has 0 bridgehead atoms. The number of rotatable bonds is 5. The molecule has 0 aliphatic carbocycles. The van der Waals surface area contributed by atoms with E-state index in [9.17, 15) is 4.79 Å². The fourth-order valence-electron chi connectivity index (χ4n) is 4.01. The lowest BCUT2D eigenvalue weighted by molar-refractivity contribution is 0.0708. The van der Waals surface area contributed by atoms with Gasteiger partial charge in [0.2, 0.25) is 0 Å². The number of carbonyl (C=O) groups excluding carboxylic acids is 1. The van der Waals surface area contributed by atoms with Crippen molar-refractivity contribution in [2.24, 2.45) is 0 Å². The Morgan fingerprint density at radius 3 is 2.64 bits per heavy atom. The highest BCUT2D eigenvalue weighted by Crippen LogP contribution is 2.29. The Morgan fingerprint density at radius 2 is 2.04 bits per heavy atom. The first-order chi connectivity index (χ1) is 13.6. The van der Waals surface area contributed by atoms with Crippen LogP contribution in [0.1, 0.15) is 59.2 Å². The van der Waals surface area contributed by atoms with Crippen molar-refractivity contribution in [3.8, 4) is 0 Å². The molecule has 0 spiro atoms. The first kappa shape index (κ1) is 18.5. The van der Waals surface area contributed by atoms with E-state index in [0.29, 0.717) is 23.8 Å². The summed E-state index contributed by atoms with van der Waals surface area (Å²) in [6.07, 6.45) is 5.48. The third-order valence-corrected chi connectivity index (χ3v) is 5.45. The summed E-state index contributed by atoms with van der Waals surface area (Å²) in [5.41, 5.74) is 0.675. The van der Waals surface area contributed by atoms with E-state index in [-0.39, 0.29) is 5.91 Å². The van der Waals surface area contributed by atoms with Crippen LogP contribution in [0.2, 0.25) is 0 Å². The summed E-state index contributed by atoms with van der Waals surface area (Å²) >= 11 is 0. The normalized spacial score (nSPS) is 15.3. The van der Waals surface area contributed by atoms with Crippen molar-refractivity contribution in [2.45, 2.75) is 52.6 Å². The molecule has 0 aromatic carbocycles. The number of furan rings is 1. The molecule has 1 aliphatic rings. The molecule has 28 heavy (non-hydrogen) atoms. The van der Waals surface area contributed by atoms with E-state index in [1.165, 1.54) is 0 Å². The van der Waals surface area contributed by atoms with Crippen molar-refractivity contribution in [3.63, 3.8) is 0 Å². The zero-order valence-corrected chi connectivity index (χ0v) is 16.6. The highest BCUT2D eigenvalue weighted by atomic mass is 16.3. The standard InChI is InChI=1S/C20H26N6O2/c1-4-26-18(13-25-9-5-8-21-25)22-23-19(26)16-6-10-24(11-7-16)20(27)17-12-14(2)28-15(17)3/h5,8-9,12,16H,4,6-7,10-11,13H2,1-3H3. The van der Waals surface area contributed by atoms with Crippen molar-refractivity contribution < 1.29 is 9.21 Å². The largest absolute Gasteiger partial charge is 0.466 e. The summed E-state index contributed by atoms with van der Waals surface area (Å²) in [5, 5.41) is 13.2. The SMILES string of the molecule is CCn1c(Cn2cccn2)nnc1C1CCN(C(=O)c2cc(C)oc2C)CC1. The molecule has 4 rings (SSSR count). The van der Waals surface area contributed by atoms with Crippen LogP contribution in [-0.2, 0) is 13.1 Å². The fourth-order valence-corrected chi connectivity index (χ4v) is 4.01. The smallest absolute Gasteiger partial charge is 0.257 e. The molecule has 0 saturated carbocycles. The monoisotopic (exact) mass is 382 g/mol. The van der Waals surface area contributed by atoms with Gasteiger partial charge in [-0.05, 0) is 45.7 Å². The minimum absolute atomic E-state index is 0.0594. The Kier molecular flexibility index (Phi) is 5.02. The van der Waals surface area contributed by atoms with Crippen molar-refractivity contribution >= 4 is 5.91 Å². The molecule has 148 valence electrons. The zero-order chi connectivity index (χ0) is 19.7. The van der Waals surface area contributed by atoms with Gasteiger partial charge in [0.15, 0.2) is 5.82 Å². The molecule has 3 aromatic rings. The van der Waals surface area contributed by atoms with Gasteiger partial charge in [0.1, 0.15) is 23.9 Å². The van der Waals surface area contributed by atoms with Crippen molar-refractivity contribution in [2.75, 3.05) is 13.1 Å².